The van der Waals surface area contributed by atoms with Crippen molar-refractivity contribution in [2.45, 2.75) is 39.5 Å². The first-order valence-electron chi connectivity index (χ1n) is 4.03. The van der Waals surface area contributed by atoms with E-state index in [-0.39, 0.29) is 0 Å². The van der Waals surface area contributed by atoms with Gasteiger partial charge >= 0.3 is 0 Å². The van der Waals surface area contributed by atoms with Crippen LogP contribution in [0.5, 0.6) is 0 Å². The molecular formula is C9H16. The lowest BCUT2D eigenvalue weighted by Crippen LogP contribution is -2.12. The highest BCUT2D eigenvalue weighted by molar-refractivity contribution is 5.07. The van der Waals surface area contributed by atoms with Crippen molar-refractivity contribution < 1.29 is 0 Å². The molecule has 0 aliphatic heterocycles. The Morgan fingerprint density at radius 3 is 2.33 bits per heavy atom. The van der Waals surface area contributed by atoms with Crippen molar-refractivity contribution in [2.24, 2.45) is 5.92 Å². The van der Waals surface area contributed by atoms with E-state index in [4.69, 9.17) is 0 Å². The van der Waals surface area contributed by atoms with E-state index in [1.54, 1.807) is 5.57 Å². The summed E-state index contributed by atoms with van der Waals surface area (Å²) in [5.41, 5.74) is 1.68. The Labute approximate surface area is 58.0 Å². The van der Waals surface area contributed by atoms with Gasteiger partial charge in [-0.2, -0.15) is 0 Å². The summed E-state index contributed by atoms with van der Waals surface area (Å²) < 4.78 is 0. The fourth-order valence-corrected chi connectivity index (χ4v) is 1.51. The van der Waals surface area contributed by atoms with E-state index in [2.05, 4.69) is 19.9 Å². The number of hydrogen-bond donors (Lipinski definition) is 0. The SMILES string of the molecule is CC=C(CC)C1CCC1. The number of hydrogen-bond acceptors (Lipinski definition) is 0. The molecule has 0 bridgehead atoms. The minimum atomic E-state index is 0.972. The van der Waals surface area contributed by atoms with Crippen LogP contribution in [0.15, 0.2) is 11.6 Å². The smallest absolute Gasteiger partial charge is 0.0203 e. The summed E-state index contributed by atoms with van der Waals surface area (Å²) in [4.78, 5) is 0. The van der Waals surface area contributed by atoms with Gasteiger partial charge in [0, 0.05) is 0 Å². The van der Waals surface area contributed by atoms with Gasteiger partial charge in [-0.1, -0.05) is 25.0 Å². The molecule has 0 saturated heterocycles. The molecule has 0 heteroatoms. The Hall–Kier alpha value is -0.260. The summed E-state index contributed by atoms with van der Waals surface area (Å²) in [6.45, 7) is 4.42. The second-order valence-electron chi connectivity index (χ2n) is 2.84. The van der Waals surface area contributed by atoms with Crippen molar-refractivity contribution >= 4 is 0 Å². The minimum Gasteiger partial charge on any atom is -0.0882 e. The zero-order chi connectivity index (χ0) is 6.69. The molecule has 1 fully saturated rings. The molecule has 0 radical (unpaired) electrons. The van der Waals surface area contributed by atoms with Crippen molar-refractivity contribution in [2.75, 3.05) is 0 Å². The molecule has 1 aliphatic rings. The molecule has 0 heterocycles. The van der Waals surface area contributed by atoms with Crippen LogP contribution >= 0.6 is 0 Å². The summed E-state index contributed by atoms with van der Waals surface area (Å²) in [5, 5.41) is 0. The topological polar surface area (TPSA) is 0 Å². The molecular weight excluding hydrogens is 108 g/mol. The summed E-state index contributed by atoms with van der Waals surface area (Å²) in [6, 6.07) is 0. The van der Waals surface area contributed by atoms with Crippen LogP contribution in [0, 0.1) is 5.92 Å². The van der Waals surface area contributed by atoms with E-state index in [1.165, 1.54) is 25.7 Å². The number of allylic oxidation sites excluding steroid dienone is 2. The van der Waals surface area contributed by atoms with E-state index in [1.807, 2.05) is 0 Å². The fourth-order valence-electron chi connectivity index (χ4n) is 1.51. The normalized spacial score (nSPS) is 21.8. The zero-order valence-electron chi connectivity index (χ0n) is 6.48. The first-order chi connectivity index (χ1) is 4.38. The van der Waals surface area contributed by atoms with Crippen molar-refractivity contribution in [1.29, 1.82) is 0 Å². The molecule has 52 valence electrons. The van der Waals surface area contributed by atoms with E-state index in [0.29, 0.717) is 0 Å². The molecule has 0 amide bonds. The Morgan fingerprint density at radius 1 is 1.56 bits per heavy atom. The van der Waals surface area contributed by atoms with Gasteiger partial charge in [0.25, 0.3) is 0 Å². The standard InChI is InChI=1S/C9H16/c1-3-8(4-2)9-6-5-7-9/h3,9H,4-7H2,1-2H3. The predicted octanol–water partition coefficient (Wildman–Crippen LogP) is 3.14. The van der Waals surface area contributed by atoms with Crippen molar-refractivity contribution in [3.8, 4) is 0 Å². The van der Waals surface area contributed by atoms with Crippen LogP contribution in [0.25, 0.3) is 0 Å². The van der Waals surface area contributed by atoms with Crippen LogP contribution in [-0.2, 0) is 0 Å². The van der Waals surface area contributed by atoms with Gasteiger partial charge in [0.1, 0.15) is 0 Å². The van der Waals surface area contributed by atoms with Gasteiger partial charge in [0.2, 0.25) is 0 Å². The van der Waals surface area contributed by atoms with Crippen LogP contribution in [-0.4, -0.2) is 0 Å². The van der Waals surface area contributed by atoms with Crippen molar-refractivity contribution in [3.05, 3.63) is 11.6 Å². The zero-order valence-corrected chi connectivity index (χ0v) is 6.48. The quantitative estimate of drug-likeness (QED) is 0.496. The summed E-state index contributed by atoms with van der Waals surface area (Å²) in [7, 11) is 0. The second kappa shape index (κ2) is 3.05. The van der Waals surface area contributed by atoms with Crippen LogP contribution in [0.3, 0.4) is 0 Å². The van der Waals surface area contributed by atoms with E-state index < -0.39 is 0 Å². The third-order valence-corrected chi connectivity index (χ3v) is 2.41. The van der Waals surface area contributed by atoms with Crippen molar-refractivity contribution in [3.63, 3.8) is 0 Å². The minimum absolute atomic E-state index is 0.972. The summed E-state index contributed by atoms with van der Waals surface area (Å²) >= 11 is 0. The first kappa shape index (κ1) is 6.85. The molecule has 0 aromatic heterocycles. The maximum absolute atomic E-state index is 2.30. The molecule has 1 rings (SSSR count). The van der Waals surface area contributed by atoms with Gasteiger partial charge in [0.15, 0.2) is 0 Å². The molecule has 9 heavy (non-hydrogen) atoms. The lowest BCUT2D eigenvalue weighted by atomic mass is 9.79. The lowest BCUT2D eigenvalue weighted by Gasteiger charge is -2.27. The Kier molecular flexibility index (Phi) is 2.32. The first-order valence-corrected chi connectivity index (χ1v) is 4.03. The maximum Gasteiger partial charge on any atom is -0.0203 e. The van der Waals surface area contributed by atoms with Gasteiger partial charge in [-0.25, -0.2) is 0 Å². The highest BCUT2D eigenvalue weighted by Gasteiger charge is 2.19. The third kappa shape index (κ3) is 1.35. The molecule has 0 unspecified atom stereocenters. The summed E-state index contributed by atoms with van der Waals surface area (Å²) in [5.74, 6) is 0.972. The van der Waals surface area contributed by atoms with Gasteiger partial charge in [-0.05, 0) is 32.1 Å². The average Bonchev–Trinajstić information content (AvgIpc) is 1.78. The molecule has 0 atom stereocenters. The van der Waals surface area contributed by atoms with Crippen LogP contribution < -0.4 is 0 Å². The highest BCUT2D eigenvalue weighted by atomic mass is 14.2. The van der Waals surface area contributed by atoms with Gasteiger partial charge in [-0.15, -0.1) is 0 Å². The molecule has 0 aromatic carbocycles. The molecule has 1 saturated carbocycles. The van der Waals surface area contributed by atoms with Crippen LogP contribution in [0.2, 0.25) is 0 Å². The molecule has 0 nitrogen and oxygen atoms in total. The Balaban J connectivity index is 2.37. The van der Waals surface area contributed by atoms with E-state index in [9.17, 15) is 0 Å². The fraction of sp³-hybridized carbons (Fsp3) is 0.778. The average molecular weight is 124 g/mol. The Bertz CT molecular complexity index is 107. The predicted molar refractivity (Wildman–Crippen MR) is 41.4 cm³/mol. The third-order valence-electron chi connectivity index (χ3n) is 2.41. The largest absolute Gasteiger partial charge is 0.0882 e. The van der Waals surface area contributed by atoms with Crippen LogP contribution in [0.4, 0.5) is 0 Å². The Morgan fingerprint density at radius 2 is 2.22 bits per heavy atom. The maximum atomic E-state index is 2.30. The van der Waals surface area contributed by atoms with Crippen molar-refractivity contribution in [1.82, 2.24) is 0 Å². The van der Waals surface area contributed by atoms with Gasteiger partial charge < -0.3 is 0 Å². The van der Waals surface area contributed by atoms with E-state index in [0.717, 1.165) is 5.92 Å². The second-order valence-corrected chi connectivity index (χ2v) is 2.84. The molecule has 0 spiro atoms. The van der Waals surface area contributed by atoms with Crippen LogP contribution in [0.1, 0.15) is 39.5 Å². The molecule has 1 aliphatic carbocycles. The van der Waals surface area contributed by atoms with E-state index >= 15 is 0 Å². The lowest BCUT2D eigenvalue weighted by molar-refractivity contribution is 0.361. The summed E-state index contributed by atoms with van der Waals surface area (Å²) in [6.07, 6.45) is 7.92. The monoisotopic (exact) mass is 124 g/mol. The molecule has 0 aromatic rings. The highest BCUT2D eigenvalue weighted by Crippen LogP contribution is 2.34. The van der Waals surface area contributed by atoms with Gasteiger partial charge in [-0.3, -0.25) is 0 Å². The van der Waals surface area contributed by atoms with Gasteiger partial charge in [0.05, 0.1) is 0 Å². The number of rotatable bonds is 2. The molecule has 0 N–H and O–H groups in total.